The van der Waals surface area contributed by atoms with Crippen LogP contribution >= 0.6 is 11.6 Å². The Morgan fingerprint density at radius 1 is 1.15 bits per heavy atom. The number of aromatic nitrogens is 2. The smallest absolute Gasteiger partial charge is 0.225 e. The summed E-state index contributed by atoms with van der Waals surface area (Å²) in [6, 6.07) is 17.4. The van der Waals surface area contributed by atoms with Gasteiger partial charge in [-0.3, -0.25) is 4.79 Å². The highest BCUT2D eigenvalue weighted by atomic mass is 35.5. The van der Waals surface area contributed by atoms with Crippen LogP contribution in [0.15, 0.2) is 54.6 Å². The van der Waals surface area contributed by atoms with Crippen molar-refractivity contribution in [3.8, 4) is 5.69 Å². The van der Waals surface area contributed by atoms with E-state index in [-0.39, 0.29) is 11.9 Å². The maximum atomic E-state index is 12.6. The molecule has 0 unspecified atom stereocenters. The predicted octanol–water partition coefficient (Wildman–Crippen LogP) is 4.56. The van der Waals surface area contributed by atoms with E-state index in [1.165, 1.54) is 0 Å². The number of nitrogens with one attached hydrogen (secondary N) is 1. The van der Waals surface area contributed by atoms with Crippen molar-refractivity contribution >= 4 is 17.5 Å². The van der Waals surface area contributed by atoms with Crippen LogP contribution in [0.3, 0.4) is 0 Å². The molecule has 3 aromatic rings. The lowest BCUT2D eigenvalue weighted by atomic mass is 10.1. The molecule has 1 N–H and O–H groups in total. The van der Waals surface area contributed by atoms with E-state index in [1.54, 1.807) is 0 Å². The highest BCUT2D eigenvalue weighted by molar-refractivity contribution is 6.30. The highest BCUT2D eigenvalue weighted by Gasteiger charge is 2.17. The van der Waals surface area contributed by atoms with Crippen molar-refractivity contribution in [2.24, 2.45) is 0 Å². The van der Waals surface area contributed by atoms with Gasteiger partial charge in [-0.25, -0.2) is 4.68 Å². The maximum absolute atomic E-state index is 12.6. The Morgan fingerprint density at radius 2 is 1.88 bits per heavy atom. The normalized spacial score (nSPS) is 12.0. The monoisotopic (exact) mass is 367 g/mol. The fraction of sp³-hybridized carbons (Fsp3) is 0.238. The molecule has 1 atom stereocenters. The zero-order valence-electron chi connectivity index (χ0n) is 15.2. The predicted molar refractivity (Wildman–Crippen MR) is 105 cm³/mol. The first-order valence-corrected chi connectivity index (χ1v) is 8.99. The van der Waals surface area contributed by atoms with Crippen LogP contribution in [-0.2, 0) is 11.2 Å². The summed E-state index contributed by atoms with van der Waals surface area (Å²) in [5.41, 5.74) is 4.80. The fourth-order valence-electron chi connectivity index (χ4n) is 3.06. The second-order valence-corrected chi connectivity index (χ2v) is 6.85. The number of halogens is 1. The topological polar surface area (TPSA) is 46.9 Å². The average molecular weight is 368 g/mol. The second-order valence-electron chi connectivity index (χ2n) is 6.42. The summed E-state index contributed by atoms with van der Waals surface area (Å²) in [7, 11) is 0. The van der Waals surface area contributed by atoms with E-state index in [0.717, 1.165) is 28.2 Å². The van der Waals surface area contributed by atoms with Crippen LogP contribution in [-0.4, -0.2) is 15.7 Å². The zero-order valence-corrected chi connectivity index (χ0v) is 15.9. The van der Waals surface area contributed by atoms with Crippen molar-refractivity contribution in [3.63, 3.8) is 0 Å². The highest BCUT2D eigenvalue weighted by Crippen LogP contribution is 2.20. The molecule has 4 nitrogen and oxygen atoms in total. The van der Waals surface area contributed by atoms with Gasteiger partial charge in [0, 0.05) is 16.3 Å². The number of hydrogen-bond donors (Lipinski definition) is 1. The number of nitrogens with zero attached hydrogens (tertiary/aromatic N) is 2. The maximum Gasteiger partial charge on any atom is 0.225 e. The molecule has 0 saturated carbocycles. The zero-order chi connectivity index (χ0) is 18.7. The van der Waals surface area contributed by atoms with Gasteiger partial charge in [-0.15, -0.1) is 0 Å². The van der Waals surface area contributed by atoms with Crippen molar-refractivity contribution in [3.05, 3.63) is 82.1 Å². The van der Waals surface area contributed by atoms with Crippen molar-refractivity contribution < 1.29 is 4.79 Å². The molecule has 1 heterocycles. The Kier molecular flexibility index (Phi) is 5.43. The van der Waals surface area contributed by atoms with Gasteiger partial charge in [0.25, 0.3) is 0 Å². The van der Waals surface area contributed by atoms with Gasteiger partial charge in [0.15, 0.2) is 0 Å². The molecule has 1 aromatic heterocycles. The van der Waals surface area contributed by atoms with Crippen LogP contribution < -0.4 is 5.32 Å². The lowest BCUT2D eigenvalue weighted by Gasteiger charge is -2.15. The molecular formula is C21H22ClN3O. The molecule has 0 radical (unpaired) electrons. The summed E-state index contributed by atoms with van der Waals surface area (Å²) in [6.45, 7) is 5.89. The van der Waals surface area contributed by atoms with Crippen molar-refractivity contribution in [2.75, 3.05) is 0 Å². The molecule has 5 heteroatoms. The quantitative estimate of drug-likeness (QED) is 0.718. The largest absolute Gasteiger partial charge is 0.349 e. The fourth-order valence-corrected chi connectivity index (χ4v) is 3.26. The number of hydrogen-bond acceptors (Lipinski definition) is 2. The van der Waals surface area contributed by atoms with Gasteiger partial charge >= 0.3 is 0 Å². The molecular weight excluding hydrogens is 346 g/mol. The van der Waals surface area contributed by atoms with Crippen molar-refractivity contribution in [2.45, 2.75) is 33.2 Å². The van der Waals surface area contributed by atoms with Crippen LogP contribution in [0, 0.1) is 13.8 Å². The first-order valence-electron chi connectivity index (χ1n) is 8.61. The lowest BCUT2D eigenvalue weighted by molar-refractivity contribution is -0.121. The van der Waals surface area contributed by atoms with E-state index < -0.39 is 0 Å². The van der Waals surface area contributed by atoms with Crippen molar-refractivity contribution in [1.82, 2.24) is 15.1 Å². The van der Waals surface area contributed by atoms with E-state index in [9.17, 15) is 4.79 Å². The summed E-state index contributed by atoms with van der Waals surface area (Å²) < 4.78 is 1.89. The molecule has 3 rings (SSSR count). The lowest BCUT2D eigenvalue weighted by Crippen LogP contribution is -2.28. The van der Waals surface area contributed by atoms with Crippen LogP contribution in [0.4, 0.5) is 0 Å². The summed E-state index contributed by atoms with van der Waals surface area (Å²) in [4.78, 5) is 12.6. The first kappa shape index (κ1) is 18.2. The van der Waals surface area contributed by atoms with E-state index in [1.807, 2.05) is 80.1 Å². The van der Waals surface area contributed by atoms with Gasteiger partial charge in [-0.2, -0.15) is 5.10 Å². The van der Waals surface area contributed by atoms with Crippen LogP contribution in [0.5, 0.6) is 0 Å². The average Bonchev–Trinajstić information content (AvgIpc) is 2.90. The Bertz CT molecular complexity index is 918. The number of para-hydroxylation sites is 1. The molecule has 26 heavy (non-hydrogen) atoms. The third-order valence-corrected chi connectivity index (χ3v) is 4.74. The van der Waals surface area contributed by atoms with Crippen LogP contribution in [0.25, 0.3) is 5.69 Å². The molecule has 0 aliphatic rings. The van der Waals surface area contributed by atoms with Gasteiger partial charge in [0.2, 0.25) is 5.91 Å². The number of carbonyl (C=O) groups is 1. The minimum atomic E-state index is -0.106. The number of aryl methyl sites for hydroxylation is 1. The van der Waals surface area contributed by atoms with E-state index in [0.29, 0.717) is 11.4 Å². The van der Waals surface area contributed by atoms with E-state index >= 15 is 0 Å². The Hall–Kier alpha value is -2.59. The number of rotatable bonds is 5. The molecule has 2 aromatic carbocycles. The van der Waals surface area contributed by atoms with Crippen LogP contribution in [0.2, 0.25) is 5.02 Å². The molecule has 134 valence electrons. The third-order valence-electron chi connectivity index (χ3n) is 4.51. The molecule has 1 amide bonds. The Labute approximate surface area is 158 Å². The molecule has 0 spiro atoms. The number of amides is 1. The molecule has 0 aliphatic heterocycles. The molecule has 0 fully saturated rings. The summed E-state index contributed by atoms with van der Waals surface area (Å²) in [6.07, 6.45) is 0.301. The van der Waals surface area contributed by atoms with Crippen molar-refractivity contribution in [1.29, 1.82) is 0 Å². The molecule has 0 saturated heterocycles. The summed E-state index contributed by atoms with van der Waals surface area (Å²) in [5.74, 6) is -0.0312. The first-order chi connectivity index (χ1) is 12.5. The van der Waals surface area contributed by atoms with Gasteiger partial charge in [-0.1, -0.05) is 41.9 Å². The second kappa shape index (κ2) is 7.75. The number of benzene rings is 2. The van der Waals surface area contributed by atoms with Gasteiger partial charge in [0.05, 0.1) is 23.8 Å². The minimum Gasteiger partial charge on any atom is -0.349 e. The minimum absolute atomic E-state index is 0.0312. The van der Waals surface area contributed by atoms with E-state index in [4.69, 9.17) is 11.6 Å². The van der Waals surface area contributed by atoms with Gasteiger partial charge in [0.1, 0.15) is 0 Å². The van der Waals surface area contributed by atoms with E-state index in [2.05, 4.69) is 10.4 Å². The summed E-state index contributed by atoms with van der Waals surface area (Å²) in [5, 5.41) is 8.31. The Balaban J connectivity index is 1.75. The number of carbonyl (C=O) groups excluding carboxylic acids is 1. The SMILES string of the molecule is Cc1nn(-c2ccccc2)c(C)c1CC(=O)N[C@@H](C)c1cccc(Cl)c1. The summed E-state index contributed by atoms with van der Waals surface area (Å²) >= 11 is 6.03. The molecule has 0 bridgehead atoms. The van der Waals surface area contributed by atoms with Gasteiger partial charge < -0.3 is 5.32 Å². The van der Waals surface area contributed by atoms with Gasteiger partial charge in [-0.05, 0) is 50.6 Å². The standard InChI is InChI=1S/C21H22ClN3O/c1-14(17-8-7-9-18(22)12-17)23-21(26)13-20-15(2)24-25(16(20)3)19-10-5-4-6-11-19/h4-12,14H,13H2,1-3H3,(H,23,26)/t14-/m0/s1. The Morgan fingerprint density at radius 3 is 2.58 bits per heavy atom. The molecule has 0 aliphatic carbocycles. The van der Waals surface area contributed by atoms with Crippen LogP contribution in [0.1, 0.15) is 35.5 Å². The third kappa shape index (κ3) is 3.97.